The molecule has 0 unspecified atom stereocenters. The number of ether oxygens (including phenoxy) is 2. The Kier molecular flexibility index (Phi) is 7.49. The number of thioether (sulfide) groups is 1. The smallest absolute Gasteiger partial charge is 0.250 e. The number of hydrazone groups is 1. The van der Waals surface area contributed by atoms with E-state index in [1.54, 1.807) is 14.2 Å². The van der Waals surface area contributed by atoms with Crippen LogP contribution in [0.1, 0.15) is 18.1 Å². The molecule has 1 heterocycles. The molecule has 0 radical (unpaired) electrons. The Morgan fingerprint density at radius 2 is 1.74 bits per heavy atom. The van der Waals surface area contributed by atoms with Crippen LogP contribution < -0.4 is 14.9 Å². The van der Waals surface area contributed by atoms with Crippen molar-refractivity contribution in [3.8, 4) is 11.5 Å². The van der Waals surface area contributed by atoms with E-state index in [1.165, 1.54) is 17.3 Å². The van der Waals surface area contributed by atoms with Gasteiger partial charge in [0.15, 0.2) is 16.7 Å². The van der Waals surface area contributed by atoms with Gasteiger partial charge in [-0.3, -0.25) is 4.79 Å². The van der Waals surface area contributed by atoms with Gasteiger partial charge in [0.1, 0.15) is 0 Å². The molecular formula is C26H26N4O3S. The predicted octanol–water partition coefficient (Wildman–Crippen LogP) is 4.73. The number of fused-ring (bicyclic) bond motifs is 1. The molecule has 0 spiro atoms. The van der Waals surface area contributed by atoms with E-state index in [-0.39, 0.29) is 11.7 Å². The Morgan fingerprint density at radius 1 is 1.00 bits per heavy atom. The molecule has 1 amide bonds. The van der Waals surface area contributed by atoms with E-state index in [9.17, 15) is 4.79 Å². The van der Waals surface area contributed by atoms with E-state index >= 15 is 0 Å². The van der Waals surface area contributed by atoms with Gasteiger partial charge in [-0.25, -0.2) is 10.4 Å². The zero-order valence-electron chi connectivity index (χ0n) is 19.3. The summed E-state index contributed by atoms with van der Waals surface area (Å²) in [7, 11) is 3.17. The molecule has 8 heteroatoms. The number of hydrogen-bond donors (Lipinski definition) is 1. The van der Waals surface area contributed by atoms with E-state index in [4.69, 9.17) is 14.5 Å². The lowest BCUT2D eigenvalue weighted by Crippen LogP contribution is -2.21. The molecule has 0 atom stereocenters. The van der Waals surface area contributed by atoms with Gasteiger partial charge in [0, 0.05) is 5.56 Å². The number of methoxy groups -OCH3 is 2. The molecule has 0 fully saturated rings. The summed E-state index contributed by atoms with van der Waals surface area (Å²) in [5.41, 5.74) is 7.25. The van der Waals surface area contributed by atoms with Crippen molar-refractivity contribution < 1.29 is 14.3 Å². The van der Waals surface area contributed by atoms with Gasteiger partial charge in [-0.1, -0.05) is 54.2 Å². The molecule has 1 N–H and O–H groups in total. The number of imidazole rings is 1. The molecule has 0 saturated heterocycles. The van der Waals surface area contributed by atoms with E-state index in [0.717, 1.165) is 21.8 Å². The van der Waals surface area contributed by atoms with E-state index < -0.39 is 0 Å². The number of aromatic nitrogens is 2. The van der Waals surface area contributed by atoms with Gasteiger partial charge < -0.3 is 14.0 Å². The highest BCUT2D eigenvalue weighted by molar-refractivity contribution is 7.99. The molecule has 1 aromatic heterocycles. The molecule has 3 aromatic carbocycles. The topological polar surface area (TPSA) is 77.7 Å². The molecule has 0 bridgehead atoms. The van der Waals surface area contributed by atoms with Gasteiger partial charge in [-0.05, 0) is 42.8 Å². The van der Waals surface area contributed by atoms with Crippen LogP contribution in [0.2, 0.25) is 0 Å². The molecule has 0 aliphatic rings. The minimum atomic E-state index is -0.205. The van der Waals surface area contributed by atoms with Crippen molar-refractivity contribution in [2.75, 3.05) is 20.0 Å². The van der Waals surface area contributed by atoms with Gasteiger partial charge >= 0.3 is 0 Å². The molecule has 7 nitrogen and oxygen atoms in total. The largest absolute Gasteiger partial charge is 0.493 e. The van der Waals surface area contributed by atoms with Crippen LogP contribution in [0, 0.1) is 0 Å². The summed E-state index contributed by atoms with van der Waals surface area (Å²) in [6.07, 6.45) is 0. The second-order valence-electron chi connectivity index (χ2n) is 7.55. The second kappa shape index (κ2) is 10.9. The number of carbonyl (C=O) groups excluding carboxylic acids is 1. The van der Waals surface area contributed by atoms with Crippen molar-refractivity contribution in [1.29, 1.82) is 0 Å². The summed E-state index contributed by atoms with van der Waals surface area (Å²) < 4.78 is 12.7. The lowest BCUT2D eigenvalue weighted by atomic mass is 10.1. The average molecular weight is 475 g/mol. The zero-order valence-corrected chi connectivity index (χ0v) is 20.1. The van der Waals surface area contributed by atoms with Crippen molar-refractivity contribution in [3.05, 3.63) is 83.9 Å². The van der Waals surface area contributed by atoms with Crippen molar-refractivity contribution in [2.45, 2.75) is 18.6 Å². The van der Waals surface area contributed by atoms with Crippen LogP contribution >= 0.6 is 11.8 Å². The Balaban J connectivity index is 1.45. The maximum absolute atomic E-state index is 12.5. The summed E-state index contributed by atoms with van der Waals surface area (Å²) in [4.78, 5) is 17.3. The van der Waals surface area contributed by atoms with Gasteiger partial charge in [-0.2, -0.15) is 5.10 Å². The third-order valence-electron chi connectivity index (χ3n) is 5.29. The third-order valence-corrected chi connectivity index (χ3v) is 6.26. The lowest BCUT2D eigenvalue weighted by Gasteiger charge is -2.10. The second-order valence-corrected chi connectivity index (χ2v) is 8.49. The quantitative estimate of drug-likeness (QED) is 0.216. The summed E-state index contributed by atoms with van der Waals surface area (Å²) in [5.74, 6) is 1.23. The molecule has 4 aromatic rings. The highest BCUT2D eigenvalue weighted by Gasteiger charge is 2.13. The van der Waals surface area contributed by atoms with E-state index in [1.807, 2.05) is 67.6 Å². The Hall–Kier alpha value is -3.78. The van der Waals surface area contributed by atoms with E-state index in [0.29, 0.717) is 23.8 Å². The van der Waals surface area contributed by atoms with Crippen LogP contribution in [0.15, 0.2) is 83.1 Å². The summed E-state index contributed by atoms with van der Waals surface area (Å²) >= 11 is 1.39. The lowest BCUT2D eigenvalue weighted by molar-refractivity contribution is -0.118. The number of hydrogen-bond acceptors (Lipinski definition) is 6. The first-order valence-electron chi connectivity index (χ1n) is 10.8. The molecular weight excluding hydrogens is 448 g/mol. The number of nitrogens with one attached hydrogen (secondary N) is 1. The molecule has 174 valence electrons. The highest BCUT2D eigenvalue weighted by Crippen LogP contribution is 2.28. The van der Waals surface area contributed by atoms with Gasteiger partial charge in [0.05, 0.1) is 43.3 Å². The van der Waals surface area contributed by atoms with Crippen molar-refractivity contribution in [2.24, 2.45) is 5.10 Å². The number of nitrogens with zero attached hydrogens (tertiary/aromatic N) is 3. The fraction of sp³-hybridized carbons (Fsp3) is 0.192. The van der Waals surface area contributed by atoms with Crippen LogP contribution in [0.25, 0.3) is 11.0 Å². The fourth-order valence-electron chi connectivity index (χ4n) is 3.52. The Morgan fingerprint density at radius 3 is 2.50 bits per heavy atom. The Bertz CT molecular complexity index is 1320. The first-order valence-corrected chi connectivity index (χ1v) is 11.7. The number of para-hydroxylation sites is 2. The molecule has 0 aliphatic carbocycles. The summed E-state index contributed by atoms with van der Waals surface area (Å²) in [6, 6.07) is 23.7. The zero-order chi connectivity index (χ0) is 23.9. The first-order chi connectivity index (χ1) is 16.6. The van der Waals surface area contributed by atoms with Gasteiger partial charge in [0.2, 0.25) is 0 Å². The SMILES string of the molecule is COc1ccc(C(C)=NNC(=O)CSc2nc3ccccc3n2Cc2ccccc2)cc1OC. The van der Waals surface area contributed by atoms with E-state index in [2.05, 4.69) is 27.2 Å². The minimum absolute atomic E-state index is 0.195. The monoisotopic (exact) mass is 474 g/mol. The van der Waals surface area contributed by atoms with Crippen molar-refractivity contribution in [1.82, 2.24) is 15.0 Å². The van der Waals surface area contributed by atoms with Crippen LogP contribution in [-0.4, -0.2) is 41.1 Å². The molecule has 4 rings (SSSR count). The van der Waals surface area contributed by atoms with Crippen molar-refractivity contribution >= 4 is 34.4 Å². The van der Waals surface area contributed by atoms with Crippen molar-refractivity contribution in [3.63, 3.8) is 0 Å². The minimum Gasteiger partial charge on any atom is -0.493 e. The Labute approximate surface area is 202 Å². The first kappa shape index (κ1) is 23.4. The maximum Gasteiger partial charge on any atom is 0.250 e. The average Bonchev–Trinajstić information content (AvgIpc) is 3.23. The maximum atomic E-state index is 12.5. The predicted molar refractivity (Wildman–Crippen MR) is 136 cm³/mol. The molecule has 0 saturated carbocycles. The number of amides is 1. The normalized spacial score (nSPS) is 11.4. The van der Waals surface area contributed by atoms with Gasteiger partial charge in [0.25, 0.3) is 5.91 Å². The van der Waals surface area contributed by atoms with Crippen LogP contribution in [0.4, 0.5) is 0 Å². The molecule has 34 heavy (non-hydrogen) atoms. The fourth-order valence-corrected chi connectivity index (χ4v) is 4.32. The number of benzene rings is 3. The summed E-state index contributed by atoms with van der Waals surface area (Å²) in [5, 5.41) is 5.04. The standard InChI is InChI=1S/C26H26N4O3S/c1-18(20-13-14-23(32-2)24(15-20)33-3)28-29-25(31)17-34-26-27-21-11-7-8-12-22(21)30(26)16-19-9-5-4-6-10-19/h4-15H,16-17H2,1-3H3,(H,29,31). The number of rotatable bonds is 9. The third kappa shape index (κ3) is 5.40. The molecule has 0 aliphatic heterocycles. The van der Waals surface area contributed by atoms with Crippen LogP contribution in [0.5, 0.6) is 11.5 Å². The summed E-state index contributed by atoms with van der Waals surface area (Å²) in [6.45, 7) is 2.51. The van der Waals surface area contributed by atoms with Gasteiger partial charge in [-0.15, -0.1) is 0 Å². The van der Waals surface area contributed by atoms with Crippen LogP contribution in [0.3, 0.4) is 0 Å². The highest BCUT2D eigenvalue weighted by atomic mass is 32.2. The van der Waals surface area contributed by atoms with Crippen LogP contribution in [-0.2, 0) is 11.3 Å². The number of carbonyl (C=O) groups is 1.